The first-order chi connectivity index (χ1) is 14.2. The maximum atomic E-state index is 12.7. The molecule has 0 aliphatic heterocycles. The lowest BCUT2D eigenvalue weighted by Crippen LogP contribution is -2.36. The van der Waals surface area contributed by atoms with Crippen molar-refractivity contribution in [1.29, 1.82) is 0 Å². The van der Waals surface area contributed by atoms with Crippen LogP contribution in [-0.4, -0.2) is 25.4 Å². The summed E-state index contributed by atoms with van der Waals surface area (Å²) in [6.45, 7) is 1.88. The van der Waals surface area contributed by atoms with Gasteiger partial charge in [0.1, 0.15) is 0 Å². The Morgan fingerprint density at radius 2 is 1.47 bits per heavy atom. The molecule has 3 N–H and O–H groups in total. The summed E-state index contributed by atoms with van der Waals surface area (Å²) in [4.78, 5) is 24.5. The number of aryl methyl sites for hydroxylation is 1. The second kappa shape index (κ2) is 7.60. The third-order valence-corrected chi connectivity index (χ3v) is 7.18. The maximum Gasteiger partial charge on any atom is 0.307 e. The lowest BCUT2D eigenvalue weighted by atomic mass is 9.82. The number of amides is 1. The monoisotopic (exact) mass is 426 g/mol. The molecule has 8 heteroatoms. The molecule has 2 aromatic rings. The van der Waals surface area contributed by atoms with Crippen LogP contribution in [0.2, 0.25) is 0 Å². The van der Waals surface area contributed by atoms with Crippen molar-refractivity contribution in [3.63, 3.8) is 0 Å². The number of carboxylic acids is 1. The number of rotatable bonds is 6. The molecule has 156 valence electrons. The van der Waals surface area contributed by atoms with Gasteiger partial charge in [0.05, 0.1) is 16.7 Å². The van der Waals surface area contributed by atoms with Gasteiger partial charge in [-0.3, -0.25) is 14.3 Å². The zero-order chi connectivity index (χ0) is 21.5. The zero-order valence-corrected chi connectivity index (χ0v) is 17.1. The van der Waals surface area contributed by atoms with Gasteiger partial charge in [-0.1, -0.05) is 29.8 Å². The highest BCUT2D eigenvalue weighted by atomic mass is 32.2. The van der Waals surface area contributed by atoms with Crippen LogP contribution in [0.1, 0.15) is 12.0 Å². The van der Waals surface area contributed by atoms with Crippen molar-refractivity contribution < 1.29 is 23.1 Å². The molecule has 2 aliphatic carbocycles. The predicted molar refractivity (Wildman–Crippen MR) is 112 cm³/mol. The van der Waals surface area contributed by atoms with Crippen LogP contribution >= 0.6 is 0 Å². The number of benzene rings is 2. The van der Waals surface area contributed by atoms with E-state index >= 15 is 0 Å². The fourth-order valence-electron chi connectivity index (χ4n) is 4.30. The van der Waals surface area contributed by atoms with Crippen molar-refractivity contribution in [3.05, 3.63) is 66.2 Å². The second-order valence-corrected chi connectivity index (χ2v) is 9.51. The Bertz CT molecular complexity index is 1110. The maximum absolute atomic E-state index is 12.7. The van der Waals surface area contributed by atoms with Crippen LogP contribution in [0.3, 0.4) is 0 Å². The number of nitrogens with one attached hydrogen (secondary N) is 2. The molecule has 1 amide bonds. The Morgan fingerprint density at radius 1 is 0.900 bits per heavy atom. The number of anilines is 2. The van der Waals surface area contributed by atoms with Crippen LogP contribution in [0.5, 0.6) is 0 Å². The summed E-state index contributed by atoms with van der Waals surface area (Å²) in [5, 5.41) is 12.3. The molecule has 0 spiro atoms. The zero-order valence-electron chi connectivity index (χ0n) is 16.3. The molecule has 2 aromatic carbocycles. The molecular formula is C22H22N2O5S. The molecule has 2 bridgehead atoms. The average Bonchev–Trinajstić information content (AvgIpc) is 3.31. The molecule has 4 rings (SSSR count). The molecule has 30 heavy (non-hydrogen) atoms. The topological polar surface area (TPSA) is 113 Å². The van der Waals surface area contributed by atoms with Gasteiger partial charge in [-0.2, -0.15) is 0 Å². The van der Waals surface area contributed by atoms with Crippen molar-refractivity contribution in [2.75, 3.05) is 10.0 Å². The molecule has 0 saturated heterocycles. The van der Waals surface area contributed by atoms with Gasteiger partial charge >= 0.3 is 5.97 Å². The summed E-state index contributed by atoms with van der Waals surface area (Å²) in [6, 6.07) is 12.8. The Kier molecular flexibility index (Phi) is 5.11. The number of fused-ring (bicyclic) bond motifs is 2. The predicted octanol–water partition coefficient (Wildman–Crippen LogP) is 3.26. The Morgan fingerprint density at radius 3 is 2.07 bits per heavy atom. The summed E-state index contributed by atoms with van der Waals surface area (Å²) < 4.78 is 27.5. The van der Waals surface area contributed by atoms with Crippen LogP contribution in [0.4, 0.5) is 11.4 Å². The molecule has 0 aromatic heterocycles. The normalized spacial score (nSPS) is 24.6. The number of carbonyl (C=O) groups is 2. The SMILES string of the molecule is Cc1ccc(S(=O)(=O)Nc2ccc(NC(=O)C3C4C=CC(C4)C3C(=O)O)cc2)cc1. The molecule has 7 nitrogen and oxygen atoms in total. The fourth-order valence-corrected chi connectivity index (χ4v) is 5.35. The third kappa shape index (κ3) is 3.82. The first kappa shape index (κ1) is 20.2. The van der Waals surface area contributed by atoms with E-state index in [0.29, 0.717) is 17.8 Å². The van der Waals surface area contributed by atoms with E-state index in [2.05, 4.69) is 10.0 Å². The highest BCUT2D eigenvalue weighted by Gasteiger charge is 2.51. The third-order valence-electron chi connectivity index (χ3n) is 5.78. The summed E-state index contributed by atoms with van der Waals surface area (Å²) >= 11 is 0. The van der Waals surface area contributed by atoms with E-state index in [0.717, 1.165) is 5.56 Å². The number of hydrogen-bond acceptors (Lipinski definition) is 4. The Balaban J connectivity index is 1.44. The van der Waals surface area contributed by atoms with E-state index in [1.165, 1.54) is 12.1 Å². The summed E-state index contributed by atoms with van der Waals surface area (Å²) in [5.41, 5.74) is 1.80. The Hall–Kier alpha value is -3.13. The highest BCUT2D eigenvalue weighted by molar-refractivity contribution is 7.92. The largest absolute Gasteiger partial charge is 0.481 e. The van der Waals surface area contributed by atoms with Crippen molar-refractivity contribution in [2.45, 2.75) is 18.2 Å². The molecular weight excluding hydrogens is 404 g/mol. The van der Waals surface area contributed by atoms with Gasteiger partial charge in [-0.15, -0.1) is 0 Å². The van der Waals surface area contributed by atoms with Crippen LogP contribution in [0.25, 0.3) is 0 Å². The minimum atomic E-state index is -3.71. The van der Waals surface area contributed by atoms with Crippen LogP contribution in [0.15, 0.2) is 65.6 Å². The molecule has 4 unspecified atom stereocenters. The van der Waals surface area contributed by atoms with E-state index in [1.54, 1.807) is 36.4 Å². The van der Waals surface area contributed by atoms with Crippen LogP contribution < -0.4 is 10.0 Å². The van der Waals surface area contributed by atoms with Crippen molar-refractivity contribution in [1.82, 2.24) is 0 Å². The van der Waals surface area contributed by atoms with Crippen molar-refractivity contribution >= 4 is 33.3 Å². The first-order valence-corrected chi connectivity index (χ1v) is 11.1. The smallest absolute Gasteiger partial charge is 0.307 e. The lowest BCUT2D eigenvalue weighted by molar-refractivity contribution is -0.146. The minimum Gasteiger partial charge on any atom is -0.481 e. The van der Waals surface area contributed by atoms with Gasteiger partial charge in [0.15, 0.2) is 0 Å². The van der Waals surface area contributed by atoms with Gasteiger partial charge in [-0.05, 0) is 61.6 Å². The second-order valence-electron chi connectivity index (χ2n) is 7.82. The molecule has 4 atom stereocenters. The van der Waals surface area contributed by atoms with Crippen LogP contribution in [0, 0.1) is 30.6 Å². The average molecular weight is 426 g/mol. The molecule has 0 heterocycles. The number of allylic oxidation sites excluding steroid dienone is 2. The number of hydrogen-bond donors (Lipinski definition) is 3. The number of aliphatic carboxylic acids is 1. The number of carbonyl (C=O) groups excluding carboxylic acids is 1. The van der Waals surface area contributed by atoms with E-state index in [-0.39, 0.29) is 22.6 Å². The summed E-state index contributed by atoms with van der Waals surface area (Å²) in [5.74, 6) is -2.74. The number of carboxylic acid groups (broad SMARTS) is 1. The fraction of sp³-hybridized carbons (Fsp3) is 0.273. The molecule has 1 saturated carbocycles. The summed E-state index contributed by atoms with van der Waals surface area (Å²) in [7, 11) is -3.71. The highest BCUT2D eigenvalue weighted by Crippen LogP contribution is 2.48. The molecule has 1 fully saturated rings. The van der Waals surface area contributed by atoms with Gasteiger partial charge in [0.2, 0.25) is 5.91 Å². The first-order valence-electron chi connectivity index (χ1n) is 9.66. The van der Waals surface area contributed by atoms with Crippen molar-refractivity contribution in [3.8, 4) is 0 Å². The van der Waals surface area contributed by atoms with E-state index in [9.17, 15) is 23.1 Å². The van der Waals surface area contributed by atoms with E-state index < -0.39 is 27.8 Å². The van der Waals surface area contributed by atoms with Crippen LogP contribution in [-0.2, 0) is 19.6 Å². The van der Waals surface area contributed by atoms with Gasteiger partial charge < -0.3 is 10.4 Å². The number of sulfonamides is 1. The van der Waals surface area contributed by atoms with Gasteiger partial charge in [-0.25, -0.2) is 8.42 Å². The van der Waals surface area contributed by atoms with E-state index in [1.807, 2.05) is 19.1 Å². The van der Waals surface area contributed by atoms with Crippen molar-refractivity contribution in [2.24, 2.45) is 23.7 Å². The minimum absolute atomic E-state index is 0.0586. The van der Waals surface area contributed by atoms with Gasteiger partial charge in [0, 0.05) is 11.4 Å². The quantitative estimate of drug-likeness (QED) is 0.614. The van der Waals surface area contributed by atoms with E-state index in [4.69, 9.17) is 0 Å². The van der Waals surface area contributed by atoms with Gasteiger partial charge in [0.25, 0.3) is 10.0 Å². The molecule has 0 radical (unpaired) electrons. The molecule has 2 aliphatic rings. The standard InChI is InChI=1S/C22H22N2O5S/c1-13-2-10-18(11-3-13)30(28,29)24-17-8-6-16(7-9-17)23-21(25)19-14-4-5-15(12-14)20(19)22(26)27/h2-11,14-15,19-20,24H,12H2,1H3,(H,23,25)(H,26,27). The Labute approximate surface area is 174 Å². The summed E-state index contributed by atoms with van der Waals surface area (Å²) in [6.07, 6.45) is 4.51. The lowest BCUT2D eigenvalue weighted by Gasteiger charge is -2.23.